The molecule has 6 heteroatoms. The zero-order chi connectivity index (χ0) is 15.1. The van der Waals surface area contributed by atoms with Gasteiger partial charge in [-0.1, -0.05) is 18.9 Å². The summed E-state index contributed by atoms with van der Waals surface area (Å²) in [5, 5.41) is 10.0. The highest BCUT2D eigenvalue weighted by Crippen LogP contribution is 2.18. The van der Waals surface area contributed by atoms with E-state index in [4.69, 9.17) is 15.9 Å². The molecule has 0 bridgehead atoms. The molecule has 1 aromatic carbocycles. The van der Waals surface area contributed by atoms with E-state index in [9.17, 15) is 4.79 Å². The van der Waals surface area contributed by atoms with Crippen LogP contribution in [0.5, 0.6) is 5.75 Å². The van der Waals surface area contributed by atoms with Gasteiger partial charge in [0.05, 0.1) is 0 Å². The number of anilines is 1. The third-order valence-electron chi connectivity index (χ3n) is 3.37. The topological polar surface area (TPSA) is 91.4 Å². The summed E-state index contributed by atoms with van der Waals surface area (Å²) in [7, 11) is 0. The number of nitrogens with zero attached hydrogens (tertiary/aromatic N) is 1. The largest absolute Gasteiger partial charge is 0.486 e. The highest BCUT2D eigenvalue weighted by molar-refractivity contribution is 5.89. The Balaban J connectivity index is 1.93. The van der Waals surface area contributed by atoms with Crippen LogP contribution in [0, 0.1) is 5.41 Å². The first kappa shape index (κ1) is 15.2. The third kappa shape index (κ3) is 4.98. The molecule has 21 heavy (non-hydrogen) atoms. The maximum atomic E-state index is 12.2. The zero-order valence-corrected chi connectivity index (χ0v) is 12.1. The van der Waals surface area contributed by atoms with Gasteiger partial charge in [0.1, 0.15) is 18.2 Å². The second-order valence-corrected chi connectivity index (χ2v) is 5.17. The molecule has 1 saturated heterocycles. The molecule has 0 saturated carbocycles. The first-order chi connectivity index (χ1) is 10.1. The van der Waals surface area contributed by atoms with Crippen LogP contribution in [0.2, 0.25) is 0 Å². The van der Waals surface area contributed by atoms with Gasteiger partial charge in [0.25, 0.3) is 0 Å². The van der Waals surface area contributed by atoms with Crippen LogP contribution < -0.4 is 15.8 Å². The van der Waals surface area contributed by atoms with Crippen molar-refractivity contribution in [2.45, 2.75) is 25.7 Å². The van der Waals surface area contributed by atoms with E-state index in [0.29, 0.717) is 11.4 Å². The lowest BCUT2D eigenvalue weighted by molar-refractivity contribution is 0.214. The van der Waals surface area contributed by atoms with E-state index >= 15 is 0 Å². The van der Waals surface area contributed by atoms with Crippen molar-refractivity contribution in [1.29, 1.82) is 5.41 Å². The fourth-order valence-electron chi connectivity index (χ4n) is 2.30. The molecule has 1 fully saturated rings. The van der Waals surface area contributed by atoms with Crippen LogP contribution in [-0.2, 0) is 0 Å². The van der Waals surface area contributed by atoms with Crippen LogP contribution in [0.3, 0.4) is 0 Å². The molecule has 1 aliphatic heterocycles. The number of rotatable bonds is 4. The van der Waals surface area contributed by atoms with Crippen molar-refractivity contribution in [3.8, 4) is 5.75 Å². The lowest BCUT2D eigenvalue weighted by atomic mass is 10.2. The zero-order valence-electron chi connectivity index (χ0n) is 12.1. The Morgan fingerprint density at radius 3 is 2.67 bits per heavy atom. The molecule has 1 heterocycles. The Morgan fingerprint density at radius 1 is 1.29 bits per heavy atom. The van der Waals surface area contributed by atoms with Crippen molar-refractivity contribution in [1.82, 2.24) is 4.90 Å². The summed E-state index contributed by atoms with van der Waals surface area (Å²) in [6.45, 7) is 1.67. The van der Waals surface area contributed by atoms with Crippen molar-refractivity contribution in [2.75, 3.05) is 25.0 Å². The van der Waals surface area contributed by atoms with Crippen molar-refractivity contribution in [3.63, 3.8) is 0 Å². The third-order valence-corrected chi connectivity index (χ3v) is 3.37. The number of amides is 2. The van der Waals surface area contributed by atoms with Crippen molar-refractivity contribution < 1.29 is 9.53 Å². The van der Waals surface area contributed by atoms with Crippen LogP contribution in [0.4, 0.5) is 10.5 Å². The number of urea groups is 1. The van der Waals surface area contributed by atoms with E-state index in [1.54, 1.807) is 18.2 Å². The lowest BCUT2D eigenvalue weighted by Crippen LogP contribution is -2.35. The number of nitrogens with two attached hydrogens (primary N) is 1. The Kier molecular flexibility index (Phi) is 5.43. The monoisotopic (exact) mass is 290 g/mol. The minimum atomic E-state index is -0.0689. The molecule has 0 aromatic heterocycles. The van der Waals surface area contributed by atoms with Gasteiger partial charge < -0.3 is 20.7 Å². The molecule has 114 valence electrons. The SMILES string of the molecule is N=C(N)COc1cccc(NC(=O)N2CCCCCC2)c1. The lowest BCUT2D eigenvalue weighted by Gasteiger charge is -2.21. The predicted molar refractivity (Wildman–Crippen MR) is 82.9 cm³/mol. The van der Waals surface area contributed by atoms with E-state index in [-0.39, 0.29) is 18.5 Å². The van der Waals surface area contributed by atoms with E-state index in [0.717, 1.165) is 25.9 Å². The number of nitrogens with one attached hydrogen (secondary N) is 2. The maximum absolute atomic E-state index is 12.2. The highest BCUT2D eigenvalue weighted by Gasteiger charge is 2.15. The summed E-state index contributed by atoms with van der Waals surface area (Å²) in [6.07, 6.45) is 4.51. The molecule has 2 amide bonds. The molecule has 1 aliphatic rings. The summed E-state index contributed by atoms with van der Waals surface area (Å²) >= 11 is 0. The number of carbonyl (C=O) groups excluding carboxylic acids is 1. The Bertz CT molecular complexity index is 496. The molecule has 0 radical (unpaired) electrons. The summed E-state index contributed by atoms with van der Waals surface area (Å²) in [4.78, 5) is 14.1. The maximum Gasteiger partial charge on any atom is 0.321 e. The standard InChI is InChI=1S/C15H22N4O2/c16-14(17)11-21-13-7-5-6-12(10-13)18-15(20)19-8-3-1-2-4-9-19/h5-7,10H,1-4,8-9,11H2,(H3,16,17)(H,18,20). The second-order valence-electron chi connectivity index (χ2n) is 5.17. The summed E-state index contributed by atoms with van der Waals surface area (Å²) in [5.41, 5.74) is 5.94. The number of likely N-dealkylation sites (tertiary alicyclic amines) is 1. The molecular formula is C15H22N4O2. The van der Waals surface area contributed by atoms with Crippen molar-refractivity contribution >= 4 is 17.6 Å². The first-order valence-corrected chi connectivity index (χ1v) is 7.27. The van der Waals surface area contributed by atoms with Gasteiger partial charge in [-0.2, -0.15) is 0 Å². The summed E-state index contributed by atoms with van der Waals surface area (Å²) in [6, 6.07) is 7.05. The van der Waals surface area contributed by atoms with Crippen LogP contribution in [0.25, 0.3) is 0 Å². The molecule has 0 atom stereocenters. The van der Waals surface area contributed by atoms with Gasteiger partial charge in [-0.3, -0.25) is 5.41 Å². The Labute approximate surface area is 124 Å². The van der Waals surface area contributed by atoms with Gasteiger partial charge in [0.2, 0.25) is 0 Å². The fourth-order valence-corrected chi connectivity index (χ4v) is 2.30. The number of carbonyl (C=O) groups is 1. The van der Waals surface area contributed by atoms with Crippen LogP contribution in [0.15, 0.2) is 24.3 Å². The number of amidine groups is 1. The molecule has 0 spiro atoms. The van der Waals surface area contributed by atoms with Crippen molar-refractivity contribution in [3.05, 3.63) is 24.3 Å². The molecule has 0 aliphatic carbocycles. The molecule has 4 N–H and O–H groups in total. The van der Waals surface area contributed by atoms with Crippen molar-refractivity contribution in [2.24, 2.45) is 5.73 Å². The smallest absolute Gasteiger partial charge is 0.321 e. The molecule has 2 rings (SSSR count). The van der Waals surface area contributed by atoms with Crippen LogP contribution in [0.1, 0.15) is 25.7 Å². The molecule has 0 unspecified atom stereocenters. The number of ether oxygens (including phenoxy) is 1. The van der Waals surface area contributed by atoms with E-state index < -0.39 is 0 Å². The van der Waals surface area contributed by atoms with E-state index in [2.05, 4.69) is 5.32 Å². The quantitative estimate of drug-likeness (QED) is 0.587. The van der Waals surface area contributed by atoms with Gasteiger partial charge >= 0.3 is 6.03 Å². The number of hydrogen-bond donors (Lipinski definition) is 3. The average Bonchev–Trinajstić information content (AvgIpc) is 2.74. The van der Waals surface area contributed by atoms with Gasteiger partial charge in [-0.05, 0) is 25.0 Å². The van der Waals surface area contributed by atoms with Crippen LogP contribution in [-0.4, -0.2) is 36.5 Å². The molecule has 6 nitrogen and oxygen atoms in total. The van der Waals surface area contributed by atoms with Gasteiger partial charge in [-0.25, -0.2) is 4.79 Å². The number of hydrogen-bond acceptors (Lipinski definition) is 3. The molecular weight excluding hydrogens is 268 g/mol. The second kappa shape index (κ2) is 7.52. The Morgan fingerprint density at radius 2 is 2.00 bits per heavy atom. The molecule has 1 aromatic rings. The predicted octanol–water partition coefficient (Wildman–Crippen LogP) is 2.41. The van der Waals surface area contributed by atoms with E-state index in [1.165, 1.54) is 12.8 Å². The fraction of sp³-hybridized carbons (Fsp3) is 0.467. The minimum absolute atomic E-state index is 0.0333. The van der Waals surface area contributed by atoms with Gasteiger partial charge in [0, 0.05) is 24.8 Å². The number of benzene rings is 1. The minimum Gasteiger partial charge on any atom is -0.486 e. The van der Waals surface area contributed by atoms with Gasteiger partial charge in [0.15, 0.2) is 0 Å². The summed E-state index contributed by atoms with van der Waals surface area (Å²) in [5.74, 6) is 0.549. The van der Waals surface area contributed by atoms with Gasteiger partial charge in [-0.15, -0.1) is 0 Å². The van der Waals surface area contributed by atoms with E-state index in [1.807, 2.05) is 11.0 Å². The summed E-state index contributed by atoms with van der Waals surface area (Å²) < 4.78 is 5.34. The first-order valence-electron chi connectivity index (χ1n) is 7.27. The normalized spacial score (nSPS) is 15.1. The highest BCUT2D eigenvalue weighted by atomic mass is 16.5. The average molecular weight is 290 g/mol. The van der Waals surface area contributed by atoms with Crippen LogP contribution >= 0.6 is 0 Å². The Hall–Kier alpha value is -2.24.